The van der Waals surface area contributed by atoms with E-state index in [2.05, 4.69) is 15.3 Å². The van der Waals surface area contributed by atoms with Crippen LogP contribution in [0.1, 0.15) is 5.56 Å². The zero-order valence-corrected chi connectivity index (χ0v) is 15.8. The molecule has 0 aliphatic heterocycles. The van der Waals surface area contributed by atoms with E-state index in [1.807, 2.05) is 0 Å². The molecule has 1 N–H and O–H groups in total. The first kappa shape index (κ1) is 18.5. The van der Waals surface area contributed by atoms with Crippen molar-refractivity contribution in [3.8, 4) is 11.4 Å². The van der Waals surface area contributed by atoms with Gasteiger partial charge in [0.2, 0.25) is 4.77 Å². The van der Waals surface area contributed by atoms with Crippen molar-refractivity contribution in [3.63, 3.8) is 0 Å². The van der Waals surface area contributed by atoms with Gasteiger partial charge in [-0.1, -0.05) is 34.8 Å². The maximum absolute atomic E-state index is 10.9. The molecule has 0 unspecified atom stereocenters. The van der Waals surface area contributed by atoms with E-state index in [-0.39, 0.29) is 10.5 Å². The van der Waals surface area contributed by atoms with Gasteiger partial charge < -0.3 is 0 Å². The van der Waals surface area contributed by atoms with Crippen LogP contribution in [0, 0.1) is 14.9 Å². The summed E-state index contributed by atoms with van der Waals surface area (Å²) in [5.41, 5.74) is 0.815. The number of non-ortho nitro benzene ring substituents is 1. The van der Waals surface area contributed by atoms with Crippen LogP contribution in [0.15, 0.2) is 41.5 Å². The molecular formula is C15H8Cl3N5O2S. The topological polar surface area (TPSA) is 89.1 Å². The zero-order valence-electron chi connectivity index (χ0n) is 12.7. The van der Waals surface area contributed by atoms with Crippen LogP contribution < -0.4 is 0 Å². The highest BCUT2D eigenvalue weighted by Crippen LogP contribution is 2.29. The summed E-state index contributed by atoms with van der Waals surface area (Å²) >= 11 is 23.4. The van der Waals surface area contributed by atoms with Gasteiger partial charge in [0.15, 0.2) is 5.82 Å². The van der Waals surface area contributed by atoms with Gasteiger partial charge in [-0.3, -0.25) is 10.1 Å². The lowest BCUT2D eigenvalue weighted by atomic mass is 10.2. The highest BCUT2D eigenvalue weighted by Gasteiger charge is 2.13. The van der Waals surface area contributed by atoms with Gasteiger partial charge in [-0.05, 0) is 36.5 Å². The molecule has 0 atom stereocenters. The average molecular weight is 429 g/mol. The molecular weight excluding hydrogens is 421 g/mol. The normalized spacial score (nSPS) is 11.2. The highest BCUT2D eigenvalue weighted by atomic mass is 35.5. The Morgan fingerprint density at radius 1 is 1.19 bits per heavy atom. The lowest BCUT2D eigenvalue weighted by Gasteiger charge is -2.04. The summed E-state index contributed by atoms with van der Waals surface area (Å²) in [4.78, 5) is 10.4. The van der Waals surface area contributed by atoms with Crippen molar-refractivity contribution < 1.29 is 4.92 Å². The first-order chi connectivity index (χ1) is 12.4. The van der Waals surface area contributed by atoms with Crippen LogP contribution in [0.4, 0.5) is 5.69 Å². The molecule has 26 heavy (non-hydrogen) atoms. The summed E-state index contributed by atoms with van der Waals surface area (Å²) in [7, 11) is 0. The van der Waals surface area contributed by atoms with Crippen molar-refractivity contribution in [2.24, 2.45) is 5.10 Å². The molecule has 3 rings (SSSR count). The van der Waals surface area contributed by atoms with Gasteiger partial charge >= 0.3 is 0 Å². The van der Waals surface area contributed by atoms with E-state index < -0.39 is 4.92 Å². The Morgan fingerprint density at radius 3 is 2.65 bits per heavy atom. The molecule has 0 saturated heterocycles. The van der Waals surface area contributed by atoms with Gasteiger partial charge in [-0.15, -0.1) is 0 Å². The number of halogens is 3. The number of rotatable bonds is 4. The van der Waals surface area contributed by atoms with Gasteiger partial charge in [0.05, 0.1) is 16.2 Å². The number of nitro benzene ring substituents is 1. The molecule has 7 nitrogen and oxygen atoms in total. The molecule has 0 fully saturated rings. The fraction of sp³-hybridized carbons (Fsp3) is 0. The highest BCUT2D eigenvalue weighted by molar-refractivity contribution is 7.71. The Labute approximate surface area is 167 Å². The van der Waals surface area contributed by atoms with E-state index in [9.17, 15) is 10.1 Å². The minimum Gasteiger partial charge on any atom is -0.258 e. The Bertz CT molecular complexity index is 1090. The number of benzene rings is 2. The van der Waals surface area contributed by atoms with Crippen molar-refractivity contribution in [3.05, 3.63) is 71.9 Å². The first-order valence-electron chi connectivity index (χ1n) is 6.98. The van der Waals surface area contributed by atoms with Crippen molar-refractivity contribution in [2.75, 3.05) is 0 Å². The van der Waals surface area contributed by atoms with Crippen LogP contribution in [0.25, 0.3) is 11.4 Å². The van der Waals surface area contributed by atoms with Crippen LogP contribution in [0.5, 0.6) is 0 Å². The Kier molecular flexibility index (Phi) is 5.38. The summed E-state index contributed by atoms with van der Waals surface area (Å²) in [6, 6.07) is 8.95. The predicted molar refractivity (Wildman–Crippen MR) is 104 cm³/mol. The van der Waals surface area contributed by atoms with Crippen molar-refractivity contribution >= 4 is 58.9 Å². The maximum Gasteiger partial charge on any atom is 0.270 e. The summed E-state index contributed by atoms with van der Waals surface area (Å²) < 4.78 is 1.54. The number of H-pyrrole nitrogens is 1. The minimum absolute atomic E-state index is 0.104. The van der Waals surface area contributed by atoms with Crippen LogP contribution in [0.2, 0.25) is 15.1 Å². The summed E-state index contributed by atoms with van der Waals surface area (Å²) in [5, 5.41) is 23.0. The third-order valence-corrected chi connectivity index (χ3v) is 4.48. The molecule has 2 aromatic carbocycles. The number of nitrogens with zero attached hydrogens (tertiary/aromatic N) is 4. The zero-order chi connectivity index (χ0) is 18.8. The molecule has 0 aliphatic carbocycles. The molecule has 3 aromatic rings. The van der Waals surface area contributed by atoms with Crippen LogP contribution in [-0.4, -0.2) is 26.0 Å². The molecule has 132 valence electrons. The Morgan fingerprint density at radius 2 is 1.96 bits per heavy atom. The van der Waals surface area contributed by atoms with Crippen molar-refractivity contribution in [1.82, 2.24) is 14.9 Å². The fourth-order valence-corrected chi connectivity index (χ4v) is 2.95. The first-order valence-corrected chi connectivity index (χ1v) is 8.52. The smallest absolute Gasteiger partial charge is 0.258 e. The van der Waals surface area contributed by atoms with Crippen LogP contribution in [-0.2, 0) is 0 Å². The van der Waals surface area contributed by atoms with Crippen molar-refractivity contribution in [2.45, 2.75) is 0 Å². The second-order valence-electron chi connectivity index (χ2n) is 5.00. The summed E-state index contributed by atoms with van der Waals surface area (Å²) in [6.07, 6.45) is 1.36. The predicted octanol–water partition coefficient (Wildman–Crippen LogP) is 5.36. The number of aromatic amines is 1. The van der Waals surface area contributed by atoms with E-state index >= 15 is 0 Å². The van der Waals surface area contributed by atoms with Crippen LogP contribution >= 0.6 is 47.0 Å². The molecule has 0 radical (unpaired) electrons. The molecule has 1 heterocycles. The van der Waals surface area contributed by atoms with Gasteiger partial charge in [0.1, 0.15) is 0 Å². The number of nitrogens with one attached hydrogen (secondary N) is 1. The third-order valence-electron chi connectivity index (χ3n) is 3.33. The number of nitro groups is 1. The quantitative estimate of drug-likeness (QED) is 0.262. The summed E-state index contributed by atoms with van der Waals surface area (Å²) in [5.74, 6) is 0.356. The number of hydrogen-bond acceptors (Lipinski definition) is 5. The van der Waals surface area contributed by atoms with E-state index in [1.54, 1.807) is 18.2 Å². The number of hydrogen-bond donors (Lipinski definition) is 1. The number of aromatic nitrogens is 3. The maximum atomic E-state index is 10.9. The van der Waals surface area contributed by atoms with E-state index in [1.165, 1.54) is 29.1 Å². The third kappa shape index (κ3) is 3.78. The summed E-state index contributed by atoms with van der Waals surface area (Å²) in [6.45, 7) is 0. The molecule has 11 heteroatoms. The molecule has 0 amide bonds. The van der Waals surface area contributed by atoms with E-state index in [4.69, 9.17) is 47.0 Å². The average Bonchev–Trinajstić information content (AvgIpc) is 2.94. The van der Waals surface area contributed by atoms with E-state index in [0.29, 0.717) is 32.0 Å². The fourth-order valence-electron chi connectivity index (χ4n) is 2.11. The van der Waals surface area contributed by atoms with Crippen LogP contribution in [0.3, 0.4) is 0 Å². The molecule has 0 bridgehead atoms. The van der Waals surface area contributed by atoms with Gasteiger partial charge in [-0.25, -0.2) is 5.10 Å². The van der Waals surface area contributed by atoms with Gasteiger partial charge in [0.25, 0.3) is 5.69 Å². The monoisotopic (exact) mass is 427 g/mol. The van der Waals surface area contributed by atoms with E-state index in [0.717, 1.165) is 0 Å². The largest absolute Gasteiger partial charge is 0.270 e. The molecule has 1 aromatic heterocycles. The molecule has 0 spiro atoms. The molecule has 0 saturated carbocycles. The minimum atomic E-state index is -0.518. The Balaban J connectivity index is 2.06. The second kappa shape index (κ2) is 7.55. The Hall–Kier alpha value is -2.26. The standard InChI is InChI=1S/C15H8Cl3N5O2S/c16-9-1-3-11(13(18)6-9)14-20-21-15(26)22(14)19-7-8-5-10(23(24)25)2-4-12(8)17/h1-7H,(H,21,26). The molecule has 0 aliphatic rings. The second-order valence-corrected chi connectivity index (χ2v) is 6.63. The lowest BCUT2D eigenvalue weighted by molar-refractivity contribution is -0.384. The lowest BCUT2D eigenvalue weighted by Crippen LogP contribution is -1.97. The van der Waals surface area contributed by atoms with Gasteiger partial charge in [-0.2, -0.15) is 14.9 Å². The van der Waals surface area contributed by atoms with Crippen molar-refractivity contribution in [1.29, 1.82) is 0 Å². The van der Waals surface area contributed by atoms with Gasteiger partial charge in [0, 0.05) is 33.3 Å². The SMILES string of the molecule is O=[N+]([O-])c1ccc(Cl)c(C=Nn2c(-c3ccc(Cl)cc3Cl)n[nH]c2=S)c1.